The molecule has 0 amide bonds. The molecule has 1 fully saturated rings. The predicted octanol–water partition coefficient (Wildman–Crippen LogP) is 2.21. The highest BCUT2D eigenvalue weighted by Crippen LogP contribution is 2.40. The van der Waals surface area contributed by atoms with Crippen molar-refractivity contribution in [2.24, 2.45) is 0 Å². The molecule has 0 radical (unpaired) electrons. The van der Waals surface area contributed by atoms with E-state index in [1.54, 1.807) is 21.3 Å². The maximum atomic E-state index is 5.83. The number of hydrogen-bond acceptors (Lipinski definition) is 7. The molecule has 3 heterocycles. The number of hydrogen-bond donors (Lipinski definition) is 0. The summed E-state index contributed by atoms with van der Waals surface area (Å²) in [5.74, 6) is 4.07. The highest BCUT2D eigenvalue weighted by atomic mass is 16.5. The van der Waals surface area contributed by atoms with Crippen molar-refractivity contribution in [1.82, 2.24) is 19.7 Å². The van der Waals surface area contributed by atoms with E-state index in [-0.39, 0.29) is 6.10 Å². The Labute approximate surface area is 165 Å². The van der Waals surface area contributed by atoms with Gasteiger partial charge < -0.3 is 23.5 Å². The molecular formula is C20H28N4O4. The van der Waals surface area contributed by atoms with E-state index in [2.05, 4.69) is 19.7 Å². The standard InChI is InChI=1S/C20H28N4O4/c1-25-15-7-6-14(18(26-2)19(15)27-3)13-23-9-8-17-21-22-20(24(17)11-10-23)16-5-4-12-28-16/h6-7,16H,4-5,8-13H2,1-3H3/t16-/m1/s1. The summed E-state index contributed by atoms with van der Waals surface area (Å²) in [6.07, 6.45) is 3.09. The van der Waals surface area contributed by atoms with Gasteiger partial charge in [0.2, 0.25) is 5.75 Å². The van der Waals surface area contributed by atoms with Crippen LogP contribution >= 0.6 is 0 Å². The van der Waals surface area contributed by atoms with Gasteiger partial charge in [-0.15, -0.1) is 10.2 Å². The van der Waals surface area contributed by atoms with Gasteiger partial charge in [0, 0.05) is 44.8 Å². The van der Waals surface area contributed by atoms with Crippen molar-refractivity contribution in [2.75, 3.05) is 41.0 Å². The van der Waals surface area contributed by atoms with Crippen LogP contribution in [-0.2, 0) is 24.2 Å². The zero-order valence-electron chi connectivity index (χ0n) is 16.8. The first-order chi connectivity index (χ1) is 13.7. The number of fused-ring (bicyclic) bond motifs is 1. The van der Waals surface area contributed by atoms with Gasteiger partial charge in [0.25, 0.3) is 0 Å². The van der Waals surface area contributed by atoms with Crippen LogP contribution in [0.4, 0.5) is 0 Å². The van der Waals surface area contributed by atoms with Crippen molar-refractivity contribution in [2.45, 2.75) is 38.5 Å². The molecule has 0 saturated carbocycles. The van der Waals surface area contributed by atoms with Gasteiger partial charge in [0.1, 0.15) is 11.9 Å². The quantitative estimate of drug-likeness (QED) is 0.751. The van der Waals surface area contributed by atoms with E-state index in [4.69, 9.17) is 18.9 Å². The summed E-state index contributed by atoms with van der Waals surface area (Å²) in [4.78, 5) is 2.41. The lowest BCUT2D eigenvalue weighted by Gasteiger charge is -2.22. The van der Waals surface area contributed by atoms with E-state index in [1.165, 1.54) is 0 Å². The SMILES string of the molecule is COc1ccc(CN2CCc3nnc([C@H]4CCCO4)n3CC2)c(OC)c1OC. The minimum Gasteiger partial charge on any atom is -0.493 e. The number of nitrogens with zero attached hydrogens (tertiary/aromatic N) is 4. The molecule has 2 aliphatic heterocycles. The lowest BCUT2D eigenvalue weighted by molar-refractivity contribution is 0.101. The van der Waals surface area contributed by atoms with Crippen LogP contribution in [0, 0.1) is 0 Å². The van der Waals surface area contributed by atoms with Crippen LogP contribution in [0.15, 0.2) is 12.1 Å². The summed E-state index contributed by atoms with van der Waals surface area (Å²) in [7, 11) is 4.93. The average molecular weight is 388 g/mol. The van der Waals surface area contributed by atoms with Gasteiger partial charge in [0.05, 0.1) is 21.3 Å². The van der Waals surface area contributed by atoms with Gasteiger partial charge in [0.15, 0.2) is 17.3 Å². The van der Waals surface area contributed by atoms with Gasteiger partial charge in [-0.25, -0.2) is 0 Å². The van der Waals surface area contributed by atoms with E-state index < -0.39 is 0 Å². The first-order valence-corrected chi connectivity index (χ1v) is 9.79. The van der Waals surface area contributed by atoms with E-state index in [1.807, 2.05) is 12.1 Å². The fourth-order valence-corrected chi connectivity index (χ4v) is 4.10. The Balaban J connectivity index is 1.50. The lowest BCUT2D eigenvalue weighted by Crippen LogP contribution is -2.27. The minimum atomic E-state index is 0.0961. The van der Waals surface area contributed by atoms with Crippen molar-refractivity contribution in [1.29, 1.82) is 0 Å². The van der Waals surface area contributed by atoms with Crippen LogP contribution in [0.25, 0.3) is 0 Å². The third-order valence-electron chi connectivity index (χ3n) is 5.54. The monoisotopic (exact) mass is 388 g/mol. The zero-order valence-corrected chi connectivity index (χ0v) is 16.8. The molecule has 0 spiro atoms. The molecule has 1 aromatic heterocycles. The predicted molar refractivity (Wildman–Crippen MR) is 103 cm³/mol. The van der Waals surface area contributed by atoms with E-state index in [0.29, 0.717) is 11.5 Å². The van der Waals surface area contributed by atoms with Crippen LogP contribution < -0.4 is 14.2 Å². The van der Waals surface area contributed by atoms with Crippen LogP contribution in [0.2, 0.25) is 0 Å². The maximum Gasteiger partial charge on any atom is 0.203 e. The number of methoxy groups -OCH3 is 3. The number of rotatable bonds is 6. The van der Waals surface area contributed by atoms with E-state index in [0.717, 1.165) is 75.0 Å². The van der Waals surface area contributed by atoms with Crippen molar-refractivity contribution in [3.63, 3.8) is 0 Å². The minimum absolute atomic E-state index is 0.0961. The molecule has 152 valence electrons. The molecule has 0 aliphatic carbocycles. The second-order valence-corrected chi connectivity index (χ2v) is 7.15. The number of benzene rings is 1. The second kappa shape index (κ2) is 8.36. The summed E-state index contributed by atoms with van der Waals surface area (Å²) >= 11 is 0. The van der Waals surface area contributed by atoms with Gasteiger partial charge in [-0.2, -0.15) is 0 Å². The first-order valence-electron chi connectivity index (χ1n) is 9.79. The zero-order chi connectivity index (χ0) is 19.5. The molecule has 2 aliphatic rings. The van der Waals surface area contributed by atoms with Gasteiger partial charge in [-0.05, 0) is 18.9 Å². The Kier molecular flexibility index (Phi) is 5.68. The third-order valence-corrected chi connectivity index (χ3v) is 5.54. The molecule has 8 heteroatoms. The van der Waals surface area contributed by atoms with E-state index >= 15 is 0 Å². The second-order valence-electron chi connectivity index (χ2n) is 7.15. The Bertz CT molecular complexity index is 817. The molecule has 1 atom stereocenters. The highest BCUT2D eigenvalue weighted by molar-refractivity contribution is 5.55. The summed E-state index contributed by atoms with van der Waals surface area (Å²) in [6.45, 7) is 4.30. The van der Waals surface area contributed by atoms with Crippen LogP contribution in [0.3, 0.4) is 0 Å². The van der Waals surface area contributed by atoms with Crippen molar-refractivity contribution in [3.8, 4) is 17.2 Å². The Morgan fingerprint density at radius 1 is 1.04 bits per heavy atom. The molecule has 1 saturated heterocycles. The summed E-state index contributed by atoms with van der Waals surface area (Å²) in [6, 6.07) is 3.97. The Morgan fingerprint density at radius 3 is 2.61 bits per heavy atom. The molecule has 0 unspecified atom stereocenters. The maximum absolute atomic E-state index is 5.83. The molecule has 4 rings (SSSR count). The number of aromatic nitrogens is 3. The molecule has 8 nitrogen and oxygen atoms in total. The molecule has 0 bridgehead atoms. The normalized spacial score (nSPS) is 19.9. The van der Waals surface area contributed by atoms with Crippen LogP contribution in [0.1, 0.15) is 36.2 Å². The summed E-state index contributed by atoms with van der Waals surface area (Å²) in [5, 5.41) is 8.85. The lowest BCUT2D eigenvalue weighted by atomic mass is 10.1. The molecule has 0 N–H and O–H groups in total. The fraction of sp³-hybridized carbons (Fsp3) is 0.600. The highest BCUT2D eigenvalue weighted by Gasteiger charge is 2.27. The van der Waals surface area contributed by atoms with Crippen molar-refractivity contribution in [3.05, 3.63) is 29.3 Å². The van der Waals surface area contributed by atoms with Crippen LogP contribution in [0.5, 0.6) is 17.2 Å². The Hall–Kier alpha value is -2.32. The molecular weight excluding hydrogens is 360 g/mol. The number of ether oxygens (including phenoxy) is 4. The van der Waals surface area contributed by atoms with Crippen molar-refractivity contribution < 1.29 is 18.9 Å². The molecule has 28 heavy (non-hydrogen) atoms. The Morgan fingerprint density at radius 2 is 1.89 bits per heavy atom. The first kappa shape index (κ1) is 19.0. The van der Waals surface area contributed by atoms with Gasteiger partial charge in [-0.1, -0.05) is 6.07 Å². The summed E-state index contributed by atoms with van der Waals surface area (Å²) < 4.78 is 24.6. The van der Waals surface area contributed by atoms with Gasteiger partial charge >= 0.3 is 0 Å². The van der Waals surface area contributed by atoms with E-state index in [9.17, 15) is 0 Å². The average Bonchev–Trinajstić information content (AvgIpc) is 3.35. The smallest absolute Gasteiger partial charge is 0.203 e. The molecule has 2 aromatic rings. The summed E-state index contributed by atoms with van der Waals surface area (Å²) in [5.41, 5.74) is 1.08. The molecule has 1 aromatic carbocycles. The van der Waals surface area contributed by atoms with Crippen LogP contribution in [-0.4, -0.2) is 60.7 Å². The topological polar surface area (TPSA) is 70.9 Å². The third kappa shape index (κ3) is 3.54. The van der Waals surface area contributed by atoms with Crippen molar-refractivity contribution >= 4 is 0 Å². The fourth-order valence-electron chi connectivity index (χ4n) is 4.10. The van der Waals surface area contributed by atoms with Gasteiger partial charge in [-0.3, -0.25) is 4.90 Å². The largest absolute Gasteiger partial charge is 0.493 e.